The fraction of sp³-hybridized carbons (Fsp3) is 0.423. The third kappa shape index (κ3) is 4.78. The summed E-state index contributed by atoms with van der Waals surface area (Å²) < 4.78 is 6.08. The Morgan fingerprint density at radius 1 is 0.939 bits per heavy atom. The molecule has 7 nitrogen and oxygen atoms in total. The van der Waals surface area contributed by atoms with Crippen LogP contribution < -0.4 is 4.74 Å². The van der Waals surface area contributed by atoms with Crippen LogP contribution in [0.3, 0.4) is 0 Å². The third-order valence-corrected chi connectivity index (χ3v) is 6.25. The van der Waals surface area contributed by atoms with Crippen molar-refractivity contribution >= 4 is 10.9 Å². The zero-order chi connectivity index (χ0) is 22.8. The molecule has 0 saturated carbocycles. The third-order valence-electron chi connectivity index (χ3n) is 6.25. The minimum absolute atomic E-state index is 0.0788. The Balaban J connectivity index is 1.36. The second-order valence-corrected chi connectivity index (χ2v) is 9.87. The van der Waals surface area contributed by atoms with Crippen LogP contribution in [-0.4, -0.2) is 56.5 Å². The molecular formula is C26H32N6O. The van der Waals surface area contributed by atoms with Crippen LogP contribution in [0.15, 0.2) is 42.5 Å². The second-order valence-electron chi connectivity index (χ2n) is 9.87. The summed E-state index contributed by atoms with van der Waals surface area (Å²) in [7, 11) is 0. The van der Waals surface area contributed by atoms with Gasteiger partial charge in [0.1, 0.15) is 23.9 Å². The van der Waals surface area contributed by atoms with Gasteiger partial charge in [-0.3, -0.25) is 15.1 Å². The Morgan fingerprint density at radius 3 is 2.58 bits per heavy atom. The first-order valence-electron chi connectivity index (χ1n) is 11.8. The van der Waals surface area contributed by atoms with Gasteiger partial charge in [-0.25, -0.2) is 4.98 Å². The van der Waals surface area contributed by atoms with E-state index in [0.717, 1.165) is 45.8 Å². The van der Waals surface area contributed by atoms with Crippen LogP contribution in [0.4, 0.5) is 0 Å². The van der Waals surface area contributed by atoms with Crippen molar-refractivity contribution in [2.75, 3.05) is 26.2 Å². The van der Waals surface area contributed by atoms with Crippen molar-refractivity contribution < 1.29 is 4.74 Å². The summed E-state index contributed by atoms with van der Waals surface area (Å²) in [5.74, 6) is 2.45. The quantitative estimate of drug-likeness (QED) is 0.428. The van der Waals surface area contributed by atoms with Gasteiger partial charge in [-0.05, 0) is 56.3 Å². The maximum absolute atomic E-state index is 6.08. The van der Waals surface area contributed by atoms with E-state index in [-0.39, 0.29) is 5.41 Å². The zero-order valence-electron chi connectivity index (χ0n) is 19.7. The summed E-state index contributed by atoms with van der Waals surface area (Å²) in [5.41, 5.74) is 3.80. The standard InChI is InChI=1S/C26H32N6O/c1-26(2,3)25-27-24(30-31-25)19-10-11-22-21(17-19)23(29-28-22)18-8-7-9-20(16-18)33-15-14-32-12-5-4-6-13-32/h7-11,16-17H,4-6,12-15H2,1-3H3,(H,28,29)(H,27,30,31). The molecule has 1 saturated heterocycles. The lowest BCUT2D eigenvalue weighted by atomic mass is 9.96. The van der Waals surface area contributed by atoms with Gasteiger partial charge in [-0.1, -0.05) is 39.3 Å². The van der Waals surface area contributed by atoms with E-state index in [1.165, 1.54) is 32.4 Å². The number of aromatic nitrogens is 5. The monoisotopic (exact) mass is 444 g/mol. The molecule has 5 rings (SSSR count). The number of nitrogens with zero attached hydrogens (tertiary/aromatic N) is 4. The molecule has 0 unspecified atom stereocenters. The lowest BCUT2D eigenvalue weighted by Gasteiger charge is -2.26. The van der Waals surface area contributed by atoms with E-state index in [1.807, 2.05) is 24.3 Å². The first-order chi connectivity index (χ1) is 16.0. The Kier molecular flexibility index (Phi) is 5.89. The number of rotatable bonds is 6. The van der Waals surface area contributed by atoms with Crippen LogP contribution in [-0.2, 0) is 5.41 Å². The van der Waals surface area contributed by atoms with E-state index in [0.29, 0.717) is 12.4 Å². The highest BCUT2D eigenvalue weighted by molar-refractivity contribution is 5.95. The highest BCUT2D eigenvalue weighted by atomic mass is 16.5. The fourth-order valence-electron chi connectivity index (χ4n) is 4.31. The van der Waals surface area contributed by atoms with Crippen molar-refractivity contribution in [1.29, 1.82) is 0 Å². The van der Waals surface area contributed by atoms with Gasteiger partial charge in [-0.2, -0.15) is 10.2 Å². The molecule has 0 bridgehead atoms. The van der Waals surface area contributed by atoms with E-state index < -0.39 is 0 Å². The minimum Gasteiger partial charge on any atom is -0.492 e. The average molecular weight is 445 g/mol. The first kappa shape index (κ1) is 21.6. The smallest absolute Gasteiger partial charge is 0.181 e. The van der Waals surface area contributed by atoms with Gasteiger partial charge in [0.2, 0.25) is 0 Å². The molecule has 4 aromatic rings. The van der Waals surface area contributed by atoms with E-state index in [1.54, 1.807) is 0 Å². The fourth-order valence-corrected chi connectivity index (χ4v) is 4.31. The van der Waals surface area contributed by atoms with Crippen molar-refractivity contribution in [3.8, 4) is 28.4 Å². The lowest BCUT2D eigenvalue weighted by Crippen LogP contribution is -2.33. The number of hydrogen-bond donors (Lipinski definition) is 2. The summed E-state index contributed by atoms with van der Waals surface area (Å²) in [6.45, 7) is 10.4. The second kappa shape index (κ2) is 8.98. The van der Waals surface area contributed by atoms with Crippen LogP contribution >= 0.6 is 0 Å². The van der Waals surface area contributed by atoms with E-state index in [9.17, 15) is 0 Å². The van der Waals surface area contributed by atoms with Gasteiger partial charge in [0.05, 0.1) is 5.52 Å². The Bertz CT molecular complexity index is 1230. The summed E-state index contributed by atoms with van der Waals surface area (Å²) in [4.78, 5) is 7.20. The highest BCUT2D eigenvalue weighted by Gasteiger charge is 2.20. The normalized spacial score (nSPS) is 15.2. The number of H-pyrrole nitrogens is 2. The van der Waals surface area contributed by atoms with Gasteiger partial charge in [-0.15, -0.1) is 0 Å². The SMILES string of the molecule is CC(C)(C)c1nc(-c2ccc3[nH]nc(-c4cccc(OCCN5CCCCC5)c4)c3c2)n[nH]1. The summed E-state index contributed by atoms with van der Waals surface area (Å²) in [6, 6.07) is 14.4. The predicted octanol–water partition coefficient (Wildman–Crippen LogP) is 5.18. The molecule has 1 aliphatic rings. The van der Waals surface area contributed by atoms with Crippen LogP contribution in [0.1, 0.15) is 45.9 Å². The van der Waals surface area contributed by atoms with E-state index in [2.05, 4.69) is 64.3 Å². The van der Waals surface area contributed by atoms with Crippen LogP contribution in [0, 0.1) is 0 Å². The van der Waals surface area contributed by atoms with Crippen molar-refractivity contribution in [1.82, 2.24) is 30.3 Å². The summed E-state index contributed by atoms with van der Waals surface area (Å²) in [6.07, 6.45) is 3.96. The molecule has 7 heteroatoms. The average Bonchev–Trinajstić information content (AvgIpc) is 3.47. The number of likely N-dealkylation sites (tertiary alicyclic amines) is 1. The lowest BCUT2D eigenvalue weighted by molar-refractivity contribution is 0.183. The van der Waals surface area contributed by atoms with Crippen LogP contribution in [0.25, 0.3) is 33.5 Å². The number of nitrogens with one attached hydrogen (secondary N) is 2. The molecule has 172 valence electrons. The molecule has 33 heavy (non-hydrogen) atoms. The molecule has 0 spiro atoms. The molecule has 0 atom stereocenters. The number of hydrogen-bond acceptors (Lipinski definition) is 5. The molecular weight excluding hydrogens is 412 g/mol. The minimum atomic E-state index is -0.0788. The molecule has 0 aliphatic carbocycles. The van der Waals surface area contributed by atoms with Gasteiger partial charge >= 0.3 is 0 Å². The first-order valence-corrected chi connectivity index (χ1v) is 11.8. The summed E-state index contributed by atoms with van der Waals surface area (Å²) in [5, 5.41) is 16.3. The number of piperidine rings is 1. The molecule has 1 fully saturated rings. The van der Waals surface area contributed by atoms with Gasteiger partial charge in [0, 0.05) is 28.5 Å². The van der Waals surface area contributed by atoms with Crippen molar-refractivity contribution in [2.45, 2.75) is 45.4 Å². The summed E-state index contributed by atoms with van der Waals surface area (Å²) >= 11 is 0. The zero-order valence-corrected chi connectivity index (χ0v) is 19.7. The number of fused-ring (bicyclic) bond motifs is 1. The van der Waals surface area contributed by atoms with E-state index in [4.69, 9.17) is 9.72 Å². The Labute approximate surface area is 194 Å². The largest absolute Gasteiger partial charge is 0.492 e. The highest BCUT2D eigenvalue weighted by Crippen LogP contribution is 2.31. The van der Waals surface area contributed by atoms with Crippen molar-refractivity contribution in [2.24, 2.45) is 0 Å². The maximum atomic E-state index is 6.08. The van der Waals surface area contributed by atoms with Crippen molar-refractivity contribution in [3.05, 3.63) is 48.3 Å². The predicted molar refractivity (Wildman–Crippen MR) is 131 cm³/mol. The Morgan fingerprint density at radius 2 is 1.79 bits per heavy atom. The molecule has 0 radical (unpaired) electrons. The molecule has 2 N–H and O–H groups in total. The maximum Gasteiger partial charge on any atom is 0.181 e. The van der Waals surface area contributed by atoms with Crippen molar-refractivity contribution in [3.63, 3.8) is 0 Å². The van der Waals surface area contributed by atoms with Gasteiger partial charge in [0.25, 0.3) is 0 Å². The number of aromatic amines is 2. The van der Waals surface area contributed by atoms with Crippen LogP contribution in [0.5, 0.6) is 5.75 Å². The molecule has 2 aromatic carbocycles. The number of ether oxygens (including phenoxy) is 1. The molecule has 2 aromatic heterocycles. The van der Waals surface area contributed by atoms with E-state index >= 15 is 0 Å². The molecule has 3 heterocycles. The Hall–Kier alpha value is -3.19. The topological polar surface area (TPSA) is 82.7 Å². The van der Waals surface area contributed by atoms with Crippen LogP contribution in [0.2, 0.25) is 0 Å². The molecule has 1 aliphatic heterocycles. The molecule has 0 amide bonds. The van der Waals surface area contributed by atoms with Gasteiger partial charge in [0.15, 0.2) is 5.82 Å². The van der Waals surface area contributed by atoms with Gasteiger partial charge < -0.3 is 4.74 Å². The number of benzene rings is 2.